The van der Waals surface area contributed by atoms with E-state index in [-0.39, 0.29) is 10.9 Å². The second-order valence-electron chi connectivity index (χ2n) is 4.43. The summed E-state index contributed by atoms with van der Waals surface area (Å²) in [6, 6.07) is 0. The molecule has 1 rings (SSSR count). The van der Waals surface area contributed by atoms with Crippen LogP contribution in [0, 0.1) is 0 Å². The first-order valence-corrected chi connectivity index (χ1v) is 7.69. The van der Waals surface area contributed by atoms with Crippen molar-refractivity contribution in [1.29, 1.82) is 0 Å². The minimum absolute atomic E-state index is 0.0791. The van der Waals surface area contributed by atoms with Crippen LogP contribution in [0.15, 0.2) is 23.4 Å². The lowest BCUT2D eigenvalue weighted by Gasteiger charge is -2.09. The molecular weight excluding hydrogens is 260 g/mol. The van der Waals surface area contributed by atoms with Crippen LogP contribution >= 0.6 is 10.7 Å². The average Bonchev–Trinajstić information content (AvgIpc) is 2.57. The number of allylic oxidation sites excluding steroid dienone is 1. The van der Waals surface area contributed by atoms with Gasteiger partial charge in [0.1, 0.15) is 5.82 Å². The van der Waals surface area contributed by atoms with E-state index in [4.69, 9.17) is 10.7 Å². The maximum absolute atomic E-state index is 11.2. The molecule has 96 valence electrons. The van der Waals surface area contributed by atoms with Crippen LogP contribution in [0.25, 0.3) is 0 Å². The Hall–Kier alpha value is -0.810. The Morgan fingerprint density at radius 1 is 1.59 bits per heavy atom. The Balaban J connectivity index is 3.10. The average molecular weight is 277 g/mol. The van der Waals surface area contributed by atoms with Crippen molar-refractivity contribution in [2.24, 2.45) is 0 Å². The monoisotopic (exact) mass is 276 g/mol. The molecule has 1 aromatic heterocycles. The van der Waals surface area contributed by atoms with Gasteiger partial charge in [-0.1, -0.05) is 19.4 Å². The standard InChI is InChI=1S/C11H17ClN2O2S/c1-8(2)5-6-14-7-10(17(12,15)16)13-11(14)9(3)4/h7,9H,1,5-6H2,2-4H3. The van der Waals surface area contributed by atoms with Gasteiger partial charge in [0.2, 0.25) is 0 Å². The number of aromatic nitrogens is 2. The summed E-state index contributed by atoms with van der Waals surface area (Å²) in [5.41, 5.74) is 1.05. The summed E-state index contributed by atoms with van der Waals surface area (Å²) in [5.74, 6) is 0.873. The van der Waals surface area contributed by atoms with E-state index in [1.165, 1.54) is 6.20 Å². The lowest BCUT2D eigenvalue weighted by molar-refractivity contribution is 0.606. The van der Waals surface area contributed by atoms with Gasteiger partial charge in [-0.3, -0.25) is 0 Å². The van der Waals surface area contributed by atoms with E-state index in [0.29, 0.717) is 6.54 Å². The quantitative estimate of drug-likeness (QED) is 0.614. The summed E-state index contributed by atoms with van der Waals surface area (Å²) in [6.45, 7) is 10.4. The zero-order valence-electron chi connectivity index (χ0n) is 10.3. The summed E-state index contributed by atoms with van der Waals surface area (Å²) in [6.07, 6.45) is 2.28. The van der Waals surface area contributed by atoms with Crippen LogP contribution in [0.2, 0.25) is 0 Å². The number of halogens is 1. The molecule has 0 aliphatic rings. The highest BCUT2D eigenvalue weighted by atomic mass is 35.7. The van der Waals surface area contributed by atoms with E-state index in [0.717, 1.165) is 17.8 Å². The first-order chi connectivity index (χ1) is 7.71. The molecule has 6 heteroatoms. The number of nitrogens with zero attached hydrogens (tertiary/aromatic N) is 2. The van der Waals surface area contributed by atoms with Crippen molar-refractivity contribution >= 4 is 19.7 Å². The zero-order valence-corrected chi connectivity index (χ0v) is 11.8. The topological polar surface area (TPSA) is 52.0 Å². The van der Waals surface area contributed by atoms with Gasteiger partial charge in [-0.05, 0) is 13.3 Å². The molecule has 0 fully saturated rings. The maximum Gasteiger partial charge on any atom is 0.280 e. The Morgan fingerprint density at radius 2 is 2.18 bits per heavy atom. The molecule has 0 N–H and O–H groups in total. The van der Waals surface area contributed by atoms with Crippen molar-refractivity contribution in [2.75, 3.05) is 0 Å². The van der Waals surface area contributed by atoms with Crippen LogP contribution < -0.4 is 0 Å². The van der Waals surface area contributed by atoms with E-state index in [9.17, 15) is 8.42 Å². The predicted molar refractivity (Wildman–Crippen MR) is 68.8 cm³/mol. The number of aryl methyl sites for hydroxylation is 1. The lowest BCUT2D eigenvalue weighted by Crippen LogP contribution is -2.04. The number of hydrogen-bond donors (Lipinski definition) is 0. The first kappa shape index (κ1) is 14.3. The van der Waals surface area contributed by atoms with Crippen molar-refractivity contribution in [1.82, 2.24) is 9.55 Å². The van der Waals surface area contributed by atoms with E-state index < -0.39 is 9.05 Å². The smallest absolute Gasteiger partial charge is 0.280 e. The SMILES string of the molecule is C=C(C)CCn1cc(S(=O)(=O)Cl)nc1C(C)C. The highest BCUT2D eigenvalue weighted by Gasteiger charge is 2.19. The number of imidazole rings is 1. The molecule has 4 nitrogen and oxygen atoms in total. The fourth-order valence-corrected chi connectivity index (χ4v) is 2.15. The molecular formula is C11H17ClN2O2S. The van der Waals surface area contributed by atoms with Crippen molar-refractivity contribution in [2.45, 2.75) is 44.7 Å². The van der Waals surface area contributed by atoms with Crippen molar-refractivity contribution < 1.29 is 8.42 Å². The Labute approximate surface area is 107 Å². The summed E-state index contributed by atoms with van der Waals surface area (Å²) >= 11 is 0. The number of rotatable bonds is 5. The third-order valence-electron chi connectivity index (χ3n) is 2.33. The number of hydrogen-bond acceptors (Lipinski definition) is 3. The highest BCUT2D eigenvalue weighted by molar-refractivity contribution is 8.13. The molecule has 1 aromatic rings. The maximum atomic E-state index is 11.2. The van der Waals surface area contributed by atoms with Gasteiger partial charge in [-0.2, -0.15) is 0 Å². The summed E-state index contributed by atoms with van der Waals surface area (Å²) in [7, 11) is 1.53. The third-order valence-corrected chi connectivity index (χ3v) is 3.50. The van der Waals surface area contributed by atoms with Crippen LogP contribution in [-0.2, 0) is 15.6 Å². The molecule has 0 atom stereocenters. The first-order valence-electron chi connectivity index (χ1n) is 5.38. The molecule has 0 aromatic carbocycles. The van der Waals surface area contributed by atoms with Gasteiger partial charge < -0.3 is 4.57 Å². The molecule has 0 radical (unpaired) electrons. The minimum atomic E-state index is -3.76. The van der Waals surface area contributed by atoms with Gasteiger partial charge in [0.25, 0.3) is 9.05 Å². The van der Waals surface area contributed by atoms with E-state index in [2.05, 4.69) is 11.6 Å². The molecule has 0 aliphatic heterocycles. The molecule has 0 saturated carbocycles. The molecule has 0 amide bonds. The van der Waals surface area contributed by atoms with Gasteiger partial charge in [0.05, 0.1) is 0 Å². The molecule has 0 spiro atoms. The normalized spacial score (nSPS) is 12.1. The van der Waals surface area contributed by atoms with Gasteiger partial charge in [-0.25, -0.2) is 13.4 Å². The van der Waals surface area contributed by atoms with E-state index in [1.807, 2.05) is 25.3 Å². The minimum Gasteiger partial charge on any atom is -0.333 e. The lowest BCUT2D eigenvalue weighted by atomic mass is 10.2. The molecule has 0 saturated heterocycles. The fraction of sp³-hybridized carbons (Fsp3) is 0.545. The van der Waals surface area contributed by atoms with Gasteiger partial charge >= 0.3 is 0 Å². The predicted octanol–water partition coefficient (Wildman–Crippen LogP) is 2.90. The second-order valence-corrected chi connectivity index (χ2v) is 6.94. The van der Waals surface area contributed by atoms with Crippen LogP contribution in [-0.4, -0.2) is 18.0 Å². The summed E-state index contributed by atoms with van der Waals surface area (Å²) < 4.78 is 24.3. The van der Waals surface area contributed by atoms with E-state index >= 15 is 0 Å². The van der Waals surface area contributed by atoms with Crippen molar-refractivity contribution in [3.63, 3.8) is 0 Å². The Bertz CT molecular complexity index is 518. The molecule has 0 bridgehead atoms. The third kappa shape index (κ3) is 3.85. The zero-order chi connectivity index (χ0) is 13.2. The van der Waals surface area contributed by atoms with Crippen LogP contribution in [0.3, 0.4) is 0 Å². The molecule has 17 heavy (non-hydrogen) atoms. The summed E-state index contributed by atoms with van der Waals surface area (Å²) in [4.78, 5) is 4.07. The Morgan fingerprint density at radius 3 is 2.59 bits per heavy atom. The van der Waals surface area contributed by atoms with Crippen LogP contribution in [0.1, 0.15) is 38.9 Å². The molecule has 0 unspecified atom stereocenters. The Kier molecular flexibility index (Phi) is 4.38. The van der Waals surface area contributed by atoms with Gasteiger partial charge in [-0.15, -0.1) is 6.58 Å². The molecule has 1 heterocycles. The second kappa shape index (κ2) is 5.23. The van der Waals surface area contributed by atoms with Crippen molar-refractivity contribution in [3.8, 4) is 0 Å². The van der Waals surface area contributed by atoms with Crippen molar-refractivity contribution in [3.05, 3.63) is 24.2 Å². The van der Waals surface area contributed by atoms with E-state index in [1.54, 1.807) is 0 Å². The summed E-state index contributed by atoms with van der Waals surface area (Å²) in [5, 5.41) is -0.0791. The fourth-order valence-electron chi connectivity index (χ4n) is 1.47. The van der Waals surface area contributed by atoms with Gasteiger partial charge in [0, 0.05) is 29.3 Å². The van der Waals surface area contributed by atoms with Gasteiger partial charge in [0.15, 0.2) is 5.03 Å². The van der Waals surface area contributed by atoms with Crippen LogP contribution in [0.4, 0.5) is 0 Å². The highest BCUT2D eigenvalue weighted by Crippen LogP contribution is 2.20. The van der Waals surface area contributed by atoms with Crippen LogP contribution in [0.5, 0.6) is 0 Å². The largest absolute Gasteiger partial charge is 0.333 e. The molecule has 0 aliphatic carbocycles.